The van der Waals surface area contributed by atoms with E-state index in [2.05, 4.69) is 0 Å². The summed E-state index contributed by atoms with van der Waals surface area (Å²) >= 11 is 0. The summed E-state index contributed by atoms with van der Waals surface area (Å²) in [6.45, 7) is 5.38. The van der Waals surface area contributed by atoms with E-state index >= 15 is 0 Å². The van der Waals surface area contributed by atoms with Crippen molar-refractivity contribution in [2.45, 2.75) is 19.9 Å². The van der Waals surface area contributed by atoms with Crippen molar-refractivity contribution in [3.63, 3.8) is 0 Å². The molecule has 0 saturated carbocycles. The fraction of sp³-hybridized carbons (Fsp3) is 0.500. The molecule has 1 N–H and O–H groups in total. The van der Waals surface area contributed by atoms with E-state index in [0.717, 1.165) is 11.1 Å². The molecule has 4 heteroatoms. The SMILES string of the molecule is Cc1cc(C)cc(C(=O)N2CCOC[C@H]2CO)c1. The van der Waals surface area contributed by atoms with Gasteiger partial charge in [-0.15, -0.1) is 0 Å². The van der Waals surface area contributed by atoms with Crippen LogP contribution < -0.4 is 0 Å². The van der Waals surface area contributed by atoms with Gasteiger partial charge in [0.25, 0.3) is 5.91 Å². The first-order chi connectivity index (χ1) is 8.61. The standard InChI is InChI=1S/C14H19NO3/c1-10-5-11(2)7-12(6-10)14(17)15-3-4-18-9-13(15)8-16/h5-7,13,16H,3-4,8-9H2,1-2H3/t13-/m1/s1. The van der Waals surface area contributed by atoms with Gasteiger partial charge in [-0.05, 0) is 26.0 Å². The van der Waals surface area contributed by atoms with Crippen LogP contribution >= 0.6 is 0 Å². The molecule has 1 saturated heterocycles. The van der Waals surface area contributed by atoms with Crippen molar-refractivity contribution in [2.75, 3.05) is 26.4 Å². The van der Waals surface area contributed by atoms with Crippen LogP contribution in [-0.2, 0) is 4.74 Å². The van der Waals surface area contributed by atoms with Crippen LogP contribution in [0.25, 0.3) is 0 Å². The van der Waals surface area contributed by atoms with Gasteiger partial charge < -0.3 is 14.7 Å². The third-order valence-electron chi connectivity index (χ3n) is 3.17. The van der Waals surface area contributed by atoms with Crippen molar-refractivity contribution in [2.24, 2.45) is 0 Å². The predicted octanol–water partition coefficient (Wildman–Crippen LogP) is 1.14. The molecule has 1 aliphatic heterocycles. The number of morpholine rings is 1. The van der Waals surface area contributed by atoms with Crippen molar-refractivity contribution in [3.05, 3.63) is 34.9 Å². The molecule has 0 aromatic heterocycles. The number of aliphatic hydroxyl groups is 1. The monoisotopic (exact) mass is 249 g/mol. The highest BCUT2D eigenvalue weighted by molar-refractivity contribution is 5.95. The topological polar surface area (TPSA) is 49.8 Å². The molecule has 2 rings (SSSR count). The van der Waals surface area contributed by atoms with Crippen LogP contribution in [0, 0.1) is 13.8 Å². The molecule has 0 radical (unpaired) electrons. The predicted molar refractivity (Wildman–Crippen MR) is 68.6 cm³/mol. The lowest BCUT2D eigenvalue weighted by molar-refractivity contribution is -0.0184. The van der Waals surface area contributed by atoms with Crippen molar-refractivity contribution in [1.29, 1.82) is 0 Å². The number of hydrogen-bond acceptors (Lipinski definition) is 3. The van der Waals surface area contributed by atoms with E-state index < -0.39 is 0 Å². The Morgan fingerprint density at radius 2 is 2.06 bits per heavy atom. The summed E-state index contributed by atoms with van der Waals surface area (Å²) in [6.07, 6.45) is 0. The van der Waals surface area contributed by atoms with E-state index in [4.69, 9.17) is 4.74 Å². The molecule has 0 unspecified atom stereocenters. The molecule has 4 nitrogen and oxygen atoms in total. The average Bonchev–Trinajstić information content (AvgIpc) is 2.36. The molecule has 0 spiro atoms. The van der Waals surface area contributed by atoms with Gasteiger partial charge in [-0.25, -0.2) is 0 Å². The van der Waals surface area contributed by atoms with Crippen LogP contribution in [-0.4, -0.2) is 48.3 Å². The fourth-order valence-electron chi connectivity index (χ4n) is 2.34. The van der Waals surface area contributed by atoms with E-state index in [-0.39, 0.29) is 18.6 Å². The number of aryl methyl sites for hydroxylation is 2. The lowest BCUT2D eigenvalue weighted by Crippen LogP contribution is -2.50. The van der Waals surface area contributed by atoms with Crippen molar-refractivity contribution in [3.8, 4) is 0 Å². The van der Waals surface area contributed by atoms with E-state index in [1.54, 1.807) is 4.90 Å². The number of benzene rings is 1. The molecule has 1 aromatic rings. The number of nitrogens with zero attached hydrogens (tertiary/aromatic N) is 1. The minimum Gasteiger partial charge on any atom is -0.394 e. The Kier molecular flexibility index (Phi) is 3.99. The second kappa shape index (κ2) is 5.50. The van der Waals surface area contributed by atoms with Crippen LogP contribution in [0.2, 0.25) is 0 Å². The van der Waals surface area contributed by atoms with Gasteiger partial charge in [-0.3, -0.25) is 4.79 Å². The minimum absolute atomic E-state index is 0.0239. The summed E-state index contributed by atoms with van der Waals surface area (Å²) in [5.74, 6) is -0.0239. The minimum atomic E-state index is -0.230. The molecule has 1 aromatic carbocycles. The molecule has 98 valence electrons. The van der Waals surface area contributed by atoms with Crippen LogP contribution in [0.4, 0.5) is 0 Å². The van der Waals surface area contributed by atoms with Crippen LogP contribution in [0.3, 0.4) is 0 Å². The Balaban J connectivity index is 2.23. The zero-order chi connectivity index (χ0) is 13.1. The van der Waals surface area contributed by atoms with Gasteiger partial charge in [-0.1, -0.05) is 17.2 Å². The average molecular weight is 249 g/mol. The van der Waals surface area contributed by atoms with Crippen molar-refractivity contribution >= 4 is 5.91 Å². The smallest absolute Gasteiger partial charge is 0.254 e. The number of hydrogen-bond donors (Lipinski definition) is 1. The highest BCUT2D eigenvalue weighted by atomic mass is 16.5. The molecule has 18 heavy (non-hydrogen) atoms. The van der Waals surface area contributed by atoms with Gasteiger partial charge in [0.05, 0.1) is 25.9 Å². The molecule has 1 amide bonds. The summed E-state index contributed by atoms with van der Waals surface area (Å²) in [5, 5.41) is 9.29. The Morgan fingerprint density at radius 1 is 1.39 bits per heavy atom. The number of amides is 1. The molecular formula is C14H19NO3. The lowest BCUT2D eigenvalue weighted by Gasteiger charge is -2.34. The van der Waals surface area contributed by atoms with Crippen molar-refractivity contribution in [1.82, 2.24) is 4.90 Å². The lowest BCUT2D eigenvalue weighted by atomic mass is 10.1. The van der Waals surface area contributed by atoms with Gasteiger partial charge in [0.1, 0.15) is 0 Å². The molecule has 0 bridgehead atoms. The van der Waals surface area contributed by atoms with Crippen molar-refractivity contribution < 1.29 is 14.6 Å². The highest BCUT2D eigenvalue weighted by Gasteiger charge is 2.27. The van der Waals surface area contributed by atoms with Gasteiger partial charge in [0.2, 0.25) is 0 Å². The first kappa shape index (κ1) is 13.1. The molecule has 0 aliphatic carbocycles. The molecule has 1 aliphatic rings. The second-order valence-corrected chi connectivity index (χ2v) is 4.79. The second-order valence-electron chi connectivity index (χ2n) is 4.79. The summed E-state index contributed by atoms with van der Waals surface area (Å²) in [6, 6.07) is 5.59. The maximum atomic E-state index is 12.4. The molecular weight excluding hydrogens is 230 g/mol. The summed E-state index contributed by atoms with van der Waals surface area (Å²) in [5.41, 5.74) is 2.84. The molecule has 1 fully saturated rings. The van der Waals surface area contributed by atoms with Crippen LogP contribution in [0.1, 0.15) is 21.5 Å². The third kappa shape index (κ3) is 2.71. The van der Waals surface area contributed by atoms with E-state index in [1.165, 1.54) is 0 Å². The van der Waals surface area contributed by atoms with Crippen LogP contribution in [0.5, 0.6) is 0 Å². The Labute approximate surface area is 107 Å². The largest absolute Gasteiger partial charge is 0.394 e. The van der Waals surface area contributed by atoms with Gasteiger partial charge in [0.15, 0.2) is 0 Å². The van der Waals surface area contributed by atoms with E-state index in [9.17, 15) is 9.90 Å². The summed E-state index contributed by atoms with van der Waals surface area (Å²) in [4.78, 5) is 14.1. The highest BCUT2D eigenvalue weighted by Crippen LogP contribution is 2.15. The number of carbonyl (C=O) groups excluding carboxylic acids is 1. The van der Waals surface area contributed by atoms with E-state index in [0.29, 0.717) is 25.3 Å². The van der Waals surface area contributed by atoms with Gasteiger partial charge >= 0.3 is 0 Å². The zero-order valence-electron chi connectivity index (χ0n) is 10.8. The first-order valence-electron chi connectivity index (χ1n) is 6.19. The van der Waals surface area contributed by atoms with Gasteiger partial charge in [-0.2, -0.15) is 0 Å². The zero-order valence-corrected chi connectivity index (χ0v) is 10.8. The normalized spacial score (nSPS) is 19.9. The molecule has 1 heterocycles. The number of carbonyl (C=O) groups is 1. The van der Waals surface area contributed by atoms with Crippen LogP contribution in [0.15, 0.2) is 18.2 Å². The Hall–Kier alpha value is -1.39. The first-order valence-corrected chi connectivity index (χ1v) is 6.19. The third-order valence-corrected chi connectivity index (χ3v) is 3.17. The Bertz CT molecular complexity index is 424. The number of aliphatic hydroxyl groups excluding tert-OH is 1. The number of ether oxygens (including phenoxy) is 1. The fourth-order valence-corrected chi connectivity index (χ4v) is 2.34. The van der Waals surface area contributed by atoms with E-state index in [1.807, 2.05) is 32.0 Å². The maximum absolute atomic E-state index is 12.4. The quantitative estimate of drug-likeness (QED) is 0.855. The summed E-state index contributed by atoms with van der Waals surface area (Å²) < 4.78 is 5.28. The maximum Gasteiger partial charge on any atom is 0.254 e. The Morgan fingerprint density at radius 3 is 2.67 bits per heavy atom. The number of rotatable bonds is 2. The summed E-state index contributed by atoms with van der Waals surface area (Å²) in [7, 11) is 0. The van der Waals surface area contributed by atoms with Gasteiger partial charge in [0, 0.05) is 12.1 Å². The molecule has 1 atom stereocenters.